The summed E-state index contributed by atoms with van der Waals surface area (Å²) in [5, 5.41) is 14.3. The maximum Gasteiger partial charge on any atom is 0.506 e. The number of hydrogen-bond acceptors (Lipinski definition) is 8. The van der Waals surface area contributed by atoms with Crippen LogP contribution in [-0.4, -0.2) is 52.5 Å². The molecule has 2 N–H and O–H groups in total. The van der Waals surface area contributed by atoms with E-state index in [1.165, 1.54) is 11.3 Å². The topological polar surface area (TPSA) is 110 Å². The van der Waals surface area contributed by atoms with Gasteiger partial charge in [0.25, 0.3) is 0 Å². The first-order chi connectivity index (χ1) is 22.6. The van der Waals surface area contributed by atoms with E-state index < -0.39 is 17.2 Å². The minimum absolute atomic E-state index is 0.0438. The summed E-state index contributed by atoms with van der Waals surface area (Å²) in [4.78, 5) is 33.9. The second-order valence-corrected chi connectivity index (χ2v) is 15.6. The Balaban J connectivity index is 1.16. The molecule has 9 nitrogen and oxygen atoms in total. The van der Waals surface area contributed by atoms with E-state index in [1.807, 2.05) is 48.7 Å². The normalized spacial score (nSPS) is 27.0. The second-order valence-electron chi connectivity index (χ2n) is 14.1. The number of halogens is 1. The number of carboxylic acid groups (broad SMARTS) is 1. The Labute approximate surface area is 284 Å². The van der Waals surface area contributed by atoms with Crippen molar-refractivity contribution in [2.24, 2.45) is 23.7 Å². The predicted octanol–water partition coefficient (Wildman–Crippen LogP) is 8.13. The highest BCUT2D eigenvalue weighted by molar-refractivity contribution is 7.15. The van der Waals surface area contributed by atoms with Crippen molar-refractivity contribution in [2.75, 3.05) is 25.2 Å². The quantitative estimate of drug-likeness (QED) is 0.218. The number of amides is 1. The molecule has 0 bridgehead atoms. The first-order valence-electron chi connectivity index (χ1n) is 16.7. The molecule has 0 radical (unpaired) electrons. The van der Waals surface area contributed by atoms with Gasteiger partial charge in [0.15, 0.2) is 16.6 Å². The van der Waals surface area contributed by atoms with Crippen LogP contribution in [0.5, 0.6) is 11.5 Å². The molecule has 1 saturated heterocycles. The zero-order chi connectivity index (χ0) is 32.9. The van der Waals surface area contributed by atoms with Crippen LogP contribution in [0.2, 0.25) is 5.02 Å². The van der Waals surface area contributed by atoms with Crippen LogP contribution in [0.15, 0.2) is 48.7 Å². The maximum atomic E-state index is 13.7. The molecule has 0 spiro atoms. The molecule has 3 heterocycles. The van der Waals surface area contributed by atoms with Gasteiger partial charge in [-0.05, 0) is 79.8 Å². The third-order valence-corrected chi connectivity index (χ3v) is 12.3. The van der Waals surface area contributed by atoms with E-state index in [9.17, 15) is 14.7 Å². The van der Waals surface area contributed by atoms with Crippen LogP contribution in [0.25, 0.3) is 0 Å². The van der Waals surface area contributed by atoms with Crippen LogP contribution in [0, 0.1) is 23.7 Å². The number of nitrogens with zero attached hydrogens (tertiary/aromatic N) is 2. The van der Waals surface area contributed by atoms with Crippen molar-refractivity contribution in [3.63, 3.8) is 0 Å². The number of nitrogens with one attached hydrogen (secondary N) is 1. The standard InChI is InChI=1S/C36H42ClN3O6S/c1-21(2)26-10-8-22(3)17-36(26,46-34(42)43)24-12-15-40(19-24)31(25-6-4-5-7-27(25)37)30-18-38-33(47-30)39-32(41)35(13-14-35)23-9-11-28-29(16-23)45-20-44-28/h4-7,9,11,16,18,21-22,24,26,31H,8,10,12-15,17,19-20H2,1-3H3,(H,42,43)(H,38,39,41)/t22?,24?,26?,31-,36?/m0/s1. The number of aromatic nitrogens is 1. The Morgan fingerprint density at radius 2 is 1.91 bits per heavy atom. The summed E-state index contributed by atoms with van der Waals surface area (Å²) in [7, 11) is 0. The molecule has 3 fully saturated rings. The first kappa shape index (κ1) is 32.2. The fourth-order valence-corrected chi connectivity index (χ4v) is 9.74. The monoisotopic (exact) mass is 679 g/mol. The van der Waals surface area contributed by atoms with E-state index in [0.717, 1.165) is 61.1 Å². The van der Waals surface area contributed by atoms with Crippen LogP contribution in [0.3, 0.4) is 0 Å². The van der Waals surface area contributed by atoms with Crippen LogP contribution < -0.4 is 14.8 Å². The second kappa shape index (κ2) is 12.6. The predicted molar refractivity (Wildman–Crippen MR) is 180 cm³/mol. The average molecular weight is 680 g/mol. The number of fused-ring (bicyclic) bond motifs is 1. The molecule has 7 rings (SSSR count). The Kier molecular flexibility index (Phi) is 8.64. The highest BCUT2D eigenvalue weighted by atomic mass is 35.5. The van der Waals surface area contributed by atoms with E-state index in [1.54, 1.807) is 0 Å². The van der Waals surface area contributed by atoms with Crippen molar-refractivity contribution < 1.29 is 28.9 Å². The molecule has 5 atom stereocenters. The lowest BCUT2D eigenvalue weighted by molar-refractivity contribution is -0.135. The van der Waals surface area contributed by atoms with E-state index in [0.29, 0.717) is 40.0 Å². The first-order valence-corrected chi connectivity index (χ1v) is 17.9. The number of hydrogen-bond donors (Lipinski definition) is 2. The van der Waals surface area contributed by atoms with Crippen molar-refractivity contribution in [3.8, 4) is 11.5 Å². The Hall–Kier alpha value is -3.34. The summed E-state index contributed by atoms with van der Waals surface area (Å²) in [6.45, 7) is 8.20. The maximum absolute atomic E-state index is 13.7. The van der Waals surface area contributed by atoms with Gasteiger partial charge in [0.1, 0.15) is 5.60 Å². The van der Waals surface area contributed by atoms with Crippen LogP contribution >= 0.6 is 22.9 Å². The van der Waals surface area contributed by atoms with Crippen molar-refractivity contribution in [2.45, 2.75) is 76.4 Å². The zero-order valence-corrected chi connectivity index (χ0v) is 28.6. The van der Waals surface area contributed by atoms with Crippen molar-refractivity contribution in [1.29, 1.82) is 0 Å². The highest BCUT2D eigenvalue weighted by Gasteiger charge is 2.55. The van der Waals surface area contributed by atoms with Gasteiger partial charge in [0.2, 0.25) is 12.7 Å². The molecule has 2 aromatic carbocycles. The molecule has 2 aliphatic heterocycles. The van der Waals surface area contributed by atoms with Gasteiger partial charge in [-0.25, -0.2) is 9.78 Å². The number of rotatable bonds is 9. The number of anilines is 1. The molecule has 2 saturated carbocycles. The van der Waals surface area contributed by atoms with E-state index >= 15 is 0 Å². The third-order valence-electron chi connectivity index (χ3n) is 10.9. The molecule has 250 valence electrons. The third kappa shape index (κ3) is 5.97. The van der Waals surface area contributed by atoms with Crippen LogP contribution in [0.1, 0.15) is 81.3 Å². The summed E-state index contributed by atoms with van der Waals surface area (Å²) < 4.78 is 17.0. The number of thiazole rings is 1. The number of benzene rings is 2. The number of likely N-dealkylation sites (tertiary alicyclic amines) is 1. The lowest BCUT2D eigenvalue weighted by Crippen LogP contribution is -2.54. The van der Waals surface area contributed by atoms with Gasteiger partial charge in [0.05, 0.1) is 11.5 Å². The molecule has 1 aromatic heterocycles. The Bertz CT molecular complexity index is 1660. The average Bonchev–Trinajstić information content (AvgIpc) is 3.35. The fraction of sp³-hybridized carbons (Fsp3) is 0.528. The summed E-state index contributed by atoms with van der Waals surface area (Å²) in [6, 6.07) is 13.4. The summed E-state index contributed by atoms with van der Waals surface area (Å²) in [5.41, 5.74) is 0.528. The van der Waals surface area contributed by atoms with E-state index in [4.69, 9.17) is 25.8 Å². The van der Waals surface area contributed by atoms with Crippen LogP contribution in [-0.2, 0) is 14.9 Å². The minimum atomic E-state index is -1.19. The van der Waals surface area contributed by atoms with Gasteiger partial charge >= 0.3 is 6.16 Å². The molecule has 47 heavy (non-hydrogen) atoms. The number of ether oxygens (including phenoxy) is 3. The lowest BCUT2D eigenvalue weighted by atomic mass is 9.61. The largest absolute Gasteiger partial charge is 0.506 e. The van der Waals surface area contributed by atoms with Crippen molar-refractivity contribution >= 4 is 40.1 Å². The number of carbonyl (C=O) groups excluding carboxylic acids is 1. The van der Waals surface area contributed by atoms with Gasteiger partial charge in [-0.1, -0.05) is 74.4 Å². The smallest absolute Gasteiger partial charge is 0.454 e. The van der Waals surface area contributed by atoms with E-state index in [2.05, 4.69) is 36.0 Å². The fourth-order valence-electron chi connectivity index (χ4n) is 8.54. The van der Waals surface area contributed by atoms with Gasteiger partial charge in [-0.3, -0.25) is 9.69 Å². The summed E-state index contributed by atoms with van der Waals surface area (Å²) in [6.07, 6.45) is 5.76. The van der Waals surface area contributed by atoms with Crippen molar-refractivity contribution in [1.82, 2.24) is 9.88 Å². The molecule has 1 amide bonds. The molecule has 3 aromatic rings. The summed E-state index contributed by atoms with van der Waals surface area (Å²) in [5.74, 6) is 2.18. The minimum Gasteiger partial charge on any atom is -0.454 e. The van der Waals surface area contributed by atoms with Gasteiger partial charge in [-0.15, -0.1) is 0 Å². The summed E-state index contributed by atoms with van der Waals surface area (Å²) >= 11 is 8.30. The molecule has 4 unspecified atom stereocenters. The molecule has 11 heteroatoms. The molecular weight excluding hydrogens is 638 g/mol. The molecular formula is C36H42ClN3O6S. The van der Waals surface area contributed by atoms with E-state index in [-0.39, 0.29) is 30.6 Å². The highest BCUT2D eigenvalue weighted by Crippen LogP contribution is 2.53. The van der Waals surface area contributed by atoms with Gasteiger partial charge < -0.3 is 24.6 Å². The molecule has 2 aliphatic carbocycles. The molecule has 4 aliphatic rings. The Morgan fingerprint density at radius 1 is 1.13 bits per heavy atom. The van der Waals surface area contributed by atoms with Crippen molar-refractivity contribution in [3.05, 3.63) is 69.7 Å². The Morgan fingerprint density at radius 3 is 2.66 bits per heavy atom. The number of carbonyl (C=O) groups is 2. The van der Waals surface area contributed by atoms with Crippen LogP contribution in [0.4, 0.5) is 9.93 Å². The zero-order valence-electron chi connectivity index (χ0n) is 27.0. The van der Waals surface area contributed by atoms with Gasteiger partial charge in [0, 0.05) is 34.5 Å². The van der Waals surface area contributed by atoms with Gasteiger partial charge in [-0.2, -0.15) is 0 Å². The lowest BCUT2D eigenvalue weighted by Gasteiger charge is -2.50. The SMILES string of the molecule is CC1CCC(C(C)C)C(OC(=O)O)(C2CCN([C@H](c3cnc(NC(=O)C4(c5ccc6c(c5)OCO6)CC4)s3)c3ccccc3Cl)C2)C1.